The third-order valence-corrected chi connectivity index (χ3v) is 5.04. The number of aromatic carboxylic acids is 1. The number of piperidine rings is 1. The number of carboxylic acid groups (broad SMARTS) is 1. The molecule has 1 aliphatic heterocycles. The number of likely N-dealkylation sites (tertiary alicyclic amines) is 1. The van der Waals surface area contributed by atoms with Gasteiger partial charge in [-0.25, -0.2) is 4.79 Å². The number of carbonyl (C=O) groups is 1. The molecular formula is C15H23N3O2. The molecule has 2 fully saturated rings. The molecule has 1 saturated carbocycles. The zero-order chi connectivity index (χ0) is 14.1. The Hall–Kier alpha value is -1.36. The van der Waals surface area contributed by atoms with Crippen molar-refractivity contribution in [3.63, 3.8) is 0 Å². The monoisotopic (exact) mass is 277 g/mol. The summed E-state index contributed by atoms with van der Waals surface area (Å²) in [7, 11) is 1.83. The van der Waals surface area contributed by atoms with Crippen molar-refractivity contribution in [1.29, 1.82) is 0 Å². The van der Waals surface area contributed by atoms with Gasteiger partial charge in [0.15, 0.2) is 0 Å². The molecule has 0 spiro atoms. The van der Waals surface area contributed by atoms with Crippen LogP contribution in [-0.4, -0.2) is 38.8 Å². The average Bonchev–Trinajstić information content (AvgIpc) is 2.80. The van der Waals surface area contributed by atoms with E-state index < -0.39 is 5.97 Å². The summed E-state index contributed by atoms with van der Waals surface area (Å²) in [6.07, 6.45) is 8.23. The molecule has 2 heterocycles. The standard InChI is InChI=1S/C15H23N3O2/c1-17-14(13(8-16-17)15(19)20)10-18-7-6-11-4-2-3-5-12(11)9-18/h8,11-12H,2-7,9-10H2,1H3,(H,19,20). The van der Waals surface area contributed by atoms with Crippen LogP contribution in [0.2, 0.25) is 0 Å². The molecule has 20 heavy (non-hydrogen) atoms. The van der Waals surface area contributed by atoms with E-state index in [1.165, 1.54) is 38.3 Å². The Morgan fingerprint density at radius 2 is 2.10 bits per heavy atom. The van der Waals surface area contributed by atoms with E-state index in [0.29, 0.717) is 12.1 Å². The van der Waals surface area contributed by atoms with E-state index >= 15 is 0 Å². The van der Waals surface area contributed by atoms with E-state index in [2.05, 4.69) is 10.00 Å². The van der Waals surface area contributed by atoms with E-state index in [4.69, 9.17) is 0 Å². The summed E-state index contributed by atoms with van der Waals surface area (Å²) in [5.41, 5.74) is 1.17. The molecule has 0 aromatic carbocycles. The van der Waals surface area contributed by atoms with Crippen LogP contribution >= 0.6 is 0 Å². The highest BCUT2D eigenvalue weighted by atomic mass is 16.4. The highest BCUT2D eigenvalue weighted by Gasteiger charge is 2.31. The first-order chi connectivity index (χ1) is 9.65. The van der Waals surface area contributed by atoms with Gasteiger partial charge in [0, 0.05) is 20.1 Å². The topological polar surface area (TPSA) is 58.4 Å². The van der Waals surface area contributed by atoms with Crippen LogP contribution in [0.3, 0.4) is 0 Å². The number of aromatic nitrogens is 2. The zero-order valence-electron chi connectivity index (χ0n) is 12.1. The Balaban J connectivity index is 1.69. The largest absolute Gasteiger partial charge is 0.478 e. The fourth-order valence-electron chi connectivity index (χ4n) is 3.86. The predicted octanol–water partition coefficient (Wildman–Crippen LogP) is 2.13. The van der Waals surface area contributed by atoms with Gasteiger partial charge in [-0.1, -0.05) is 19.3 Å². The summed E-state index contributed by atoms with van der Waals surface area (Å²) in [5.74, 6) is 0.852. The van der Waals surface area contributed by atoms with E-state index in [1.54, 1.807) is 4.68 Å². The van der Waals surface area contributed by atoms with E-state index in [-0.39, 0.29) is 0 Å². The number of nitrogens with zero attached hydrogens (tertiary/aromatic N) is 3. The molecule has 2 atom stereocenters. The van der Waals surface area contributed by atoms with Gasteiger partial charge >= 0.3 is 5.97 Å². The summed E-state index contributed by atoms with van der Waals surface area (Å²) in [6.45, 7) is 2.92. The maximum Gasteiger partial charge on any atom is 0.339 e. The van der Waals surface area contributed by atoms with Crippen molar-refractivity contribution in [2.45, 2.75) is 38.6 Å². The number of hydrogen-bond donors (Lipinski definition) is 1. The molecule has 0 amide bonds. The van der Waals surface area contributed by atoms with Crippen LogP contribution in [-0.2, 0) is 13.6 Å². The summed E-state index contributed by atoms with van der Waals surface area (Å²) >= 11 is 0. The lowest BCUT2D eigenvalue weighted by Gasteiger charge is -2.41. The van der Waals surface area contributed by atoms with Gasteiger partial charge < -0.3 is 5.11 Å². The maximum atomic E-state index is 11.2. The van der Waals surface area contributed by atoms with Crippen LogP contribution in [0.4, 0.5) is 0 Å². The van der Waals surface area contributed by atoms with Crippen LogP contribution in [0.25, 0.3) is 0 Å². The first kappa shape index (κ1) is 13.6. The minimum Gasteiger partial charge on any atom is -0.478 e. The second-order valence-electron chi connectivity index (χ2n) is 6.26. The highest BCUT2D eigenvalue weighted by molar-refractivity contribution is 5.88. The molecule has 5 nitrogen and oxygen atoms in total. The van der Waals surface area contributed by atoms with Crippen LogP contribution < -0.4 is 0 Å². The second kappa shape index (κ2) is 5.56. The third kappa shape index (κ3) is 2.59. The highest BCUT2D eigenvalue weighted by Crippen LogP contribution is 2.36. The summed E-state index contributed by atoms with van der Waals surface area (Å²) in [5, 5.41) is 13.3. The molecule has 1 aromatic heterocycles. The smallest absolute Gasteiger partial charge is 0.339 e. The van der Waals surface area contributed by atoms with E-state index in [0.717, 1.165) is 30.6 Å². The Bertz CT molecular complexity index is 497. The zero-order valence-corrected chi connectivity index (χ0v) is 12.1. The minimum absolute atomic E-state index is 0.346. The van der Waals surface area contributed by atoms with Gasteiger partial charge in [-0.05, 0) is 31.2 Å². The fourth-order valence-corrected chi connectivity index (χ4v) is 3.86. The van der Waals surface area contributed by atoms with Crippen LogP contribution in [0.15, 0.2) is 6.20 Å². The lowest BCUT2D eigenvalue weighted by atomic mass is 9.75. The quantitative estimate of drug-likeness (QED) is 0.919. The normalized spacial score (nSPS) is 27.2. The Morgan fingerprint density at radius 3 is 2.85 bits per heavy atom. The molecule has 110 valence electrons. The van der Waals surface area contributed by atoms with Crippen molar-refractivity contribution in [2.75, 3.05) is 13.1 Å². The van der Waals surface area contributed by atoms with Crippen molar-refractivity contribution >= 4 is 5.97 Å². The molecular weight excluding hydrogens is 254 g/mol. The molecule has 1 aromatic rings. The SMILES string of the molecule is Cn1ncc(C(=O)O)c1CN1CCC2CCCCC2C1. The maximum absolute atomic E-state index is 11.2. The lowest BCUT2D eigenvalue weighted by Crippen LogP contribution is -2.41. The van der Waals surface area contributed by atoms with Gasteiger partial charge in [0.25, 0.3) is 0 Å². The number of fused-ring (bicyclic) bond motifs is 1. The van der Waals surface area contributed by atoms with Crippen molar-refractivity contribution in [2.24, 2.45) is 18.9 Å². The lowest BCUT2D eigenvalue weighted by molar-refractivity contribution is 0.0682. The molecule has 1 aliphatic carbocycles. The van der Waals surface area contributed by atoms with Gasteiger partial charge in [0.2, 0.25) is 0 Å². The van der Waals surface area contributed by atoms with Crippen LogP contribution in [0.5, 0.6) is 0 Å². The van der Waals surface area contributed by atoms with Crippen molar-refractivity contribution in [3.8, 4) is 0 Å². The number of aryl methyl sites for hydroxylation is 1. The number of rotatable bonds is 3. The van der Waals surface area contributed by atoms with Crippen LogP contribution in [0.1, 0.15) is 48.2 Å². The summed E-state index contributed by atoms with van der Waals surface area (Å²) in [6, 6.07) is 0. The molecule has 0 radical (unpaired) electrons. The van der Waals surface area contributed by atoms with Gasteiger partial charge in [0.05, 0.1) is 11.9 Å². The third-order valence-electron chi connectivity index (χ3n) is 5.04. The molecule has 1 N–H and O–H groups in total. The van der Waals surface area contributed by atoms with E-state index in [1.807, 2.05) is 7.05 Å². The number of hydrogen-bond acceptors (Lipinski definition) is 3. The van der Waals surface area contributed by atoms with Gasteiger partial charge in [-0.2, -0.15) is 5.10 Å². The van der Waals surface area contributed by atoms with Gasteiger partial charge in [-0.15, -0.1) is 0 Å². The van der Waals surface area contributed by atoms with Crippen LogP contribution in [0, 0.1) is 11.8 Å². The minimum atomic E-state index is -0.874. The molecule has 1 saturated heterocycles. The van der Waals surface area contributed by atoms with Crippen molar-refractivity contribution < 1.29 is 9.90 Å². The molecule has 3 rings (SSSR count). The van der Waals surface area contributed by atoms with Crippen molar-refractivity contribution in [3.05, 3.63) is 17.5 Å². The second-order valence-corrected chi connectivity index (χ2v) is 6.26. The molecule has 0 bridgehead atoms. The summed E-state index contributed by atoms with van der Waals surface area (Å²) < 4.78 is 1.70. The Morgan fingerprint density at radius 1 is 1.35 bits per heavy atom. The van der Waals surface area contributed by atoms with Gasteiger partial charge in [-0.3, -0.25) is 9.58 Å². The summed E-state index contributed by atoms with van der Waals surface area (Å²) in [4.78, 5) is 13.6. The first-order valence-corrected chi connectivity index (χ1v) is 7.61. The van der Waals surface area contributed by atoms with Gasteiger partial charge in [0.1, 0.15) is 5.56 Å². The van der Waals surface area contributed by atoms with E-state index in [9.17, 15) is 9.90 Å². The number of carboxylic acids is 1. The molecule has 2 unspecified atom stereocenters. The average molecular weight is 277 g/mol. The fraction of sp³-hybridized carbons (Fsp3) is 0.733. The molecule has 2 aliphatic rings. The first-order valence-electron chi connectivity index (χ1n) is 7.61. The Kier molecular flexibility index (Phi) is 3.78. The molecule has 5 heteroatoms. The predicted molar refractivity (Wildman–Crippen MR) is 75.5 cm³/mol. The Labute approximate surface area is 119 Å². The van der Waals surface area contributed by atoms with Crippen molar-refractivity contribution in [1.82, 2.24) is 14.7 Å².